The third-order valence-corrected chi connectivity index (χ3v) is 3.56. The summed E-state index contributed by atoms with van der Waals surface area (Å²) in [6.07, 6.45) is 1.89. The molecule has 18 heavy (non-hydrogen) atoms. The van der Waals surface area contributed by atoms with E-state index in [0.29, 0.717) is 31.1 Å². The van der Waals surface area contributed by atoms with Crippen molar-refractivity contribution in [3.63, 3.8) is 0 Å². The maximum absolute atomic E-state index is 11.7. The molecule has 2 heterocycles. The van der Waals surface area contributed by atoms with Gasteiger partial charge in [-0.05, 0) is 24.6 Å². The lowest BCUT2D eigenvalue weighted by atomic mass is 9.95. The van der Waals surface area contributed by atoms with Gasteiger partial charge in [0.1, 0.15) is 0 Å². The standard InChI is InChI=1S/C13H14ClNO3/c14-9-3-4-11-10(8-9)13(17-6-7-18-13)5-1-2-12(16)15-11/h3-4,8H,1-2,5-7H2,(H,15,16). The monoisotopic (exact) mass is 267 g/mol. The molecule has 2 aliphatic rings. The Kier molecular flexibility index (Phi) is 3.01. The van der Waals surface area contributed by atoms with Gasteiger partial charge in [0.05, 0.1) is 13.2 Å². The maximum atomic E-state index is 11.7. The number of ether oxygens (including phenoxy) is 2. The molecule has 0 atom stereocenters. The molecule has 1 fully saturated rings. The number of halogens is 1. The fourth-order valence-electron chi connectivity index (χ4n) is 2.52. The molecule has 0 radical (unpaired) electrons. The smallest absolute Gasteiger partial charge is 0.224 e. The predicted octanol–water partition coefficient (Wildman–Crippen LogP) is 2.66. The summed E-state index contributed by atoms with van der Waals surface area (Å²) in [5.74, 6) is -0.722. The Labute approximate surface area is 110 Å². The van der Waals surface area contributed by atoms with Gasteiger partial charge in [-0.1, -0.05) is 11.6 Å². The minimum absolute atomic E-state index is 0.0198. The van der Waals surface area contributed by atoms with E-state index in [9.17, 15) is 4.79 Å². The molecule has 0 aromatic heterocycles. The third kappa shape index (κ3) is 2.00. The lowest BCUT2D eigenvalue weighted by molar-refractivity contribution is -0.171. The lowest BCUT2D eigenvalue weighted by Crippen LogP contribution is -2.31. The van der Waals surface area contributed by atoms with Gasteiger partial charge in [-0.15, -0.1) is 0 Å². The zero-order valence-electron chi connectivity index (χ0n) is 9.87. The number of nitrogens with one attached hydrogen (secondary N) is 1. The van der Waals surface area contributed by atoms with Crippen molar-refractivity contribution < 1.29 is 14.3 Å². The summed E-state index contributed by atoms with van der Waals surface area (Å²) >= 11 is 6.04. The zero-order valence-corrected chi connectivity index (χ0v) is 10.6. The number of carbonyl (C=O) groups is 1. The molecule has 5 heteroatoms. The Morgan fingerprint density at radius 2 is 2.06 bits per heavy atom. The Morgan fingerprint density at radius 1 is 1.28 bits per heavy atom. The Morgan fingerprint density at radius 3 is 2.83 bits per heavy atom. The topological polar surface area (TPSA) is 47.6 Å². The number of benzene rings is 1. The van der Waals surface area contributed by atoms with E-state index in [1.807, 2.05) is 6.07 Å². The SMILES string of the molecule is O=C1CCCC2(OCCO2)c2cc(Cl)ccc2N1. The highest BCUT2D eigenvalue weighted by Crippen LogP contribution is 2.42. The molecule has 1 amide bonds. The summed E-state index contributed by atoms with van der Waals surface area (Å²) in [6.45, 7) is 1.14. The second-order valence-corrected chi connectivity index (χ2v) is 4.98. The lowest BCUT2D eigenvalue weighted by Gasteiger charge is -2.31. The summed E-state index contributed by atoms with van der Waals surface area (Å²) < 4.78 is 11.6. The van der Waals surface area contributed by atoms with Crippen LogP contribution < -0.4 is 5.32 Å². The minimum Gasteiger partial charge on any atom is -0.343 e. The summed E-state index contributed by atoms with van der Waals surface area (Å²) in [7, 11) is 0. The number of hydrogen-bond donors (Lipinski definition) is 1. The molecule has 1 saturated heterocycles. The van der Waals surface area contributed by atoms with Crippen molar-refractivity contribution in [1.29, 1.82) is 0 Å². The molecule has 0 bridgehead atoms. The number of amides is 1. The minimum atomic E-state index is -0.742. The van der Waals surface area contributed by atoms with Crippen molar-refractivity contribution in [2.45, 2.75) is 25.0 Å². The molecule has 0 unspecified atom stereocenters. The number of fused-ring (bicyclic) bond motifs is 2. The Bertz CT molecular complexity index is 483. The van der Waals surface area contributed by atoms with E-state index in [4.69, 9.17) is 21.1 Å². The first-order valence-corrected chi connectivity index (χ1v) is 6.45. The second kappa shape index (κ2) is 4.53. The quantitative estimate of drug-likeness (QED) is 0.786. The number of rotatable bonds is 0. The average Bonchev–Trinajstić information content (AvgIpc) is 2.80. The van der Waals surface area contributed by atoms with Crippen LogP contribution in [0, 0.1) is 0 Å². The van der Waals surface area contributed by atoms with E-state index in [1.54, 1.807) is 12.1 Å². The normalized spacial score (nSPS) is 22.2. The summed E-state index contributed by atoms with van der Waals surface area (Å²) in [5.41, 5.74) is 1.55. The number of carbonyl (C=O) groups excluding carboxylic acids is 1. The van der Waals surface area contributed by atoms with Crippen LogP contribution in [0.5, 0.6) is 0 Å². The third-order valence-electron chi connectivity index (χ3n) is 3.33. The fourth-order valence-corrected chi connectivity index (χ4v) is 2.70. The molecular weight excluding hydrogens is 254 g/mol. The molecule has 96 valence electrons. The first kappa shape index (κ1) is 12.0. The van der Waals surface area contributed by atoms with Crippen LogP contribution in [0.15, 0.2) is 18.2 Å². The van der Waals surface area contributed by atoms with Gasteiger partial charge in [0, 0.05) is 29.1 Å². The van der Waals surface area contributed by atoms with Gasteiger partial charge in [-0.3, -0.25) is 4.79 Å². The highest BCUT2D eigenvalue weighted by molar-refractivity contribution is 6.30. The molecule has 3 rings (SSSR count). The van der Waals surface area contributed by atoms with E-state index in [1.165, 1.54) is 0 Å². The van der Waals surface area contributed by atoms with Crippen molar-refractivity contribution in [2.24, 2.45) is 0 Å². The predicted molar refractivity (Wildman–Crippen MR) is 67.5 cm³/mol. The summed E-state index contributed by atoms with van der Waals surface area (Å²) in [4.78, 5) is 11.7. The molecule has 1 spiro atoms. The summed E-state index contributed by atoms with van der Waals surface area (Å²) in [6, 6.07) is 5.37. The maximum Gasteiger partial charge on any atom is 0.224 e. The Balaban J connectivity index is 2.10. The van der Waals surface area contributed by atoms with Crippen molar-refractivity contribution in [2.75, 3.05) is 18.5 Å². The van der Waals surface area contributed by atoms with Crippen molar-refractivity contribution in [3.05, 3.63) is 28.8 Å². The van der Waals surface area contributed by atoms with Crippen LogP contribution in [0.1, 0.15) is 24.8 Å². The second-order valence-electron chi connectivity index (χ2n) is 4.54. The van der Waals surface area contributed by atoms with Crippen molar-refractivity contribution >= 4 is 23.2 Å². The van der Waals surface area contributed by atoms with Crippen LogP contribution in [0.25, 0.3) is 0 Å². The molecular formula is C13H14ClNO3. The zero-order chi connectivity index (χ0) is 12.6. The molecule has 2 aliphatic heterocycles. The molecule has 1 N–H and O–H groups in total. The van der Waals surface area contributed by atoms with Gasteiger partial charge >= 0.3 is 0 Å². The van der Waals surface area contributed by atoms with Crippen LogP contribution >= 0.6 is 11.6 Å². The number of hydrogen-bond acceptors (Lipinski definition) is 3. The number of anilines is 1. The van der Waals surface area contributed by atoms with Crippen LogP contribution in [0.2, 0.25) is 5.02 Å². The van der Waals surface area contributed by atoms with Gasteiger partial charge in [-0.25, -0.2) is 0 Å². The van der Waals surface area contributed by atoms with Gasteiger partial charge < -0.3 is 14.8 Å². The first-order valence-electron chi connectivity index (χ1n) is 6.07. The van der Waals surface area contributed by atoms with Crippen LogP contribution in [-0.4, -0.2) is 19.1 Å². The fraction of sp³-hybridized carbons (Fsp3) is 0.462. The molecule has 1 aromatic rings. The Hall–Kier alpha value is -1.10. The van der Waals surface area contributed by atoms with Crippen LogP contribution in [0.3, 0.4) is 0 Å². The van der Waals surface area contributed by atoms with E-state index < -0.39 is 5.79 Å². The summed E-state index contributed by atoms with van der Waals surface area (Å²) in [5, 5.41) is 3.50. The molecule has 0 saturated carbocycles. The van der Waals surface area contributed by atoms with Gasteiger partial charge in [0.2, 0.25) is 5.91 Å². The van der Waals surface area contributed by atoms with Crippen molar-refractivity contribution in [3.8, 4) is 0 Å². The van der Waals surface area contributed by atoms with E-state index >= 15 is 0 Å². The van der Waals surface area contributed by atoms with Crippen LogP contribution in [0.4, 0.5) is 5.69 Å². The average molecular weight is 268 g/mol. The van der Waals surface area contributed by atoms with Gasteiger partial charge in [0.25, 0.3) is 0 Å². The highest BCUT2D eigenvalue weighted by atomic mass is 35.5. The highest BCUT2D eigenvalue weighted by Gasteiger charge is 2.41. The van der Waals surface area contributed by atoms with E-state index in [-0.39, 0.29) is 5.91 Å². The molecule has 1 aromatic carbocycles. The molecule has 4 nitrogen and oxygen atoms in total. The van der Waals surface area contributed by atoms with Gasteiger partial charge in [0.15, 0.2) is 5.79 Å². The largest absolute Gasteiger partial charge is 0.343 e. The molecule has 0 aliphatic carbocycles. The van der Waals surface area contributed by atoms with E-state index in [2.05, 4.69) is 5.32 Å². The van der Waals surface area contributed by atoms with Gasteiger partial charge in [-0.2, -0.15) is 0 Å². The first-order chi connectivity index (χ1) is 8.70. The van der Waals surface area contributed by atoms with E-state index in [0.717, 1.165) is 17.7 Å². The van der Waals surface area contributed by atoms with Crippen LogP contribution in [-0.2, 0) is 20.1 Å². The van der Waals surface area contributed by atoms with Crippen molar-refractivity contribution in [1.82, 2.24) is 0 Å².